The zero-order valence-corrected chi connectivity index (χ0v) is 9.15. The van der Waals surface area contributed by atoms with Gasteiger partial charge in [0.2, 0.25) is 0 Å². The summed E-state index contributed by atoms with van der Waals surface area (Å²) in [4.78, 5) is 7.53. The van der Waals surface area contributed by atoms with Gasteiger partial charge in [0.25, 0.3) is 0 Å². The molecule has 0 spiro atoms. The predicted octanol–water partition coefficient (Wildman–Crippen LogP) is 2.04. The summed E-state index contributed by atoms with van der Waals surface area (Å²) in [5.74, 6) is 0.284. The molecular formula is C10H10F3N3O. The fraction of sp³-hybridized carbons (Fsp3) is 0.400. The molecule has 2 aromatic heterocycles. The van der Waals surface area contributed by atoms with Crippen molar-refractivity contribution in [3.8, 4) is 0 Å². The Labute approximate surface area is 94.7 Å². The number of halogens is 3. The third-order valence-corrected chi connectivity index (χ3v) is 2.41. The van der Waals surface area contributed by atoms with E-state index in [9.17, 15) is 18.3 Å². The Morgan fingerprint density at radius 3 is 2.47 bits per heavy atom. The number of aliphatic hydroxyl groups is 1. The first kappa shape index (κ1) is 11.8. The molecule has 0 amide bonds. The second kappa shape index (κ2) is 3.69. The van der Waals surface area contributed by atoms with Crippen LogP contribution in [0.2, 0.25) is 0 Å². The van der Waals surface area contributed by atoms with Gasteiger partial charge in [-0.2, -0.15) is 13.2 Å². The summed E-state index contributed by atoms with van der Waals surface area (Å²) < 4.78 is 38.8. The fourth-order valence-electron chi connectivity index (χ4n) is 1.61. The molecule has 17 heavy (non-hydrogen) atoms. The van der Waals surface area contributed by atoms with Crippen LogP contribution in [0.1, 0.15) is 24.5 Å². The minimum absolute atomic E-state index is 0.107. The molecule has 2 rings (SSSR count). The molecular weight excluding hydrogens is 235 g/mol. The van der Waals surface area contributed by atoms with Gasteiger partial charge < -0.3 is 9.67 Å². The molecule has 0 aromatic carbocycles. The summed E-state index contributed by atoms with van der Waals surface area (Å²) in [5.41, 5.74) is -0.530. The summed E-state index contributed by atoms with van der Waals surface area (Å²) in [6.45, 7) is 1.49. The van der Waals surface area contributed by atoms with Gasteiger partial charge in [-0.25, -0.2) is 9.97 Å². The van der Waals surface area contributed by atoms with Gasteiger partial charge in [0.15, 0.2) is 5.65 Å². The average molecular weight is 245 g/mol. The maximum atomic E-state index is 12.5. The van der Waals surface area contributed by atoms with Crippen LogP contribution >= 0.6 is 0 Å². The first-order valence-electron chi connectivity index (χ1n) is 4.89. The van der Waals surface area contributed by atoms with Gasteiger partial charge in [-0.05, 0) is 19.1 Å². The number of alkyl halides is 3. The van der Waals surface area contributed by atoms with Crippen LogP contribution in [0, 0.1) is 0 Å². The zero-order valence-electron chi connectivity index (χ0n) is 9.15. The molecule has 0 unspecified atom stereocenters. The molecule has 1 N–H and O–H groups in total. The number of rotatable bonds is 1. The van der Waals surface area contributed by atoms with Gasteiger partial charge in [-0.15, -0.1) is 0 Å². The topological polar surface area (TPSA) is 50.9 Å². The standard InChI is InChI=1S/C10H10F3N3O/c1-5(17)8-14-6-3-4-7(10(11,12)13)15-9(6)16(8)2/h3-5,17H,1-2H3/t5-/m0/s1. The number of aliphatic hydroxyl groups excluding tert-OH is 1. The van der Waals surface area contributed by atoms with E-state index in [1.54, 1.807) is 0 Å². The Hall–Kier alpha value is -1.63. The van der Waals surface area contributed by atoms with E-state index in [4.69, 9.17) is 0 Å². The molecule has 0 saturated carbocycles. The maximum absolute atomic E-state index is 12.5. The molecule has 0 aliphatic carbocycles. The highest BCUT2D eigenvalue weighted by atomic mass is 19.4. The summed E-state index contributed by atoms with van der Waals surface area (Å²) in [6, 6.07) is 2.12. The van der Waals surface area contributed by atoms with E-state index in [0.29, 0.717) is 5.52 Å². The van der Waals surface area contributed by atoms with Crippen LogP contribution in [0.15, 0.2) is 12.1 Å². The first-order chi connectivity index (χ1) is 7.80. The third-order valence-electron chi connectivity index (χ3n) is 2.41. The van der Waals surface area contributed by atoms with Crippen molar-refractivity contribution >= 4 is 11.2 Å². The Bertz CT molecular complexity index is 560. The molecule has 0 radical (unpaired) electrons. The number of fused-ring (bicyclic) bond motifs is 1. The molecule has 0 saturated heterocycles. The summed E-state index contributed by atoms with van der Waals surface area (Å²) >= 11 is 0. The van der Waals surface area contributed by atoms with E-state index >= 15 is 0 Å². The Kier molecular flexibility index (Phi) is 2.57. The van der Waals surface area contributed by atoms with Crippen LogP contribution in [-0.2, 0) is 13.2 Å². The van der Waals surface area contributed by atoms with Crippen LogP contribution in [0.4, 0.5) is 13.2 Å². The summed E-state index contributed by atoms with van der Waals surface area (Å²) in [5, 5.41) is 9.40. The predicted molar refractivity (Wildman–Crippen MR) is 54.1 cm³/mol. The average Bonchev–Trinajstić information content (AvgIpc) is 2.54. The Morgan fingerprint density at radius 1 is 1.29 bits per heavy atom. The SMILES string of the molecule is C[C@H](O)c1nc2ccc(C(F)(F)F)nc2n1C. The minimum Gasteiger partial charge on any atom is -0.385 e. The number of aromatic nitrogens is 3. The third kappa shape index (κ3) is 1.97. The van der Waals surface area contributed by atoms with Crippen LogP contribution in [-0.4, -0.2) is 19.6 Å². The van der Waals surface area contributed by atoms with E-state index in [0.717, 1.165) is 6.07 Å². The highest BCUT2D eigenvalue weighted by Crippen LogP contribution is 2.29. The highest BCUT2D eigenvalue weighted by molar-refractivity contribution is 5.71. The van der Waals surface area contributed by atoms with E-state index in [1.165, 1.54) is 24.6 Å². The monoisotopic (exact) mass is 245 g/mol. The van der Waals surface area contributed by atoms with E-state index in [-0.39, 0.29) is 11.5 Å². The van der Waals surface area contributed by atoms with Crippen LogP contribution in [0.3, 0.4) is 0 Å². The van der Waals surface area contributed by atoms with Gasteiger partial charge in [0, 0.05) is 7.05 Å². The molecule has 0 aliphatic rings. The number of imidazole rings is 1. The lowest BCUT2D eigenvalue weighted by molar-refractivity contribution is -0.141. The summed E-state index contributed by atoms with van der Waals surface area (Å²) in [7, 11) is 1.52. The van der Waals surface area contributed by atoms with Crippen LogP contribution in [0.25, 0.3) is 11.2 Å². The lowest BCUT2D eigenvalue weighted by Crippen LogP contribution is -2.08. The molecule has 1 atom stereocenters. The van der Waals surface area contributed by atoms with Crippen molar-refractivity contribution in [3.05, 3.63) is 23.7 Å². The Morgan fingerprint density at radius 2 is 1.94 bits per heavy atom. The zero-order chi connectivity index (χ0) is 12.8. The molecule has 4 nitrogen and oxygen atoms in total. The second-order valence-corrected chi connectivity index (χ2v) is 3.74. The minimum atomic E-state index is -4.48. The largest absolute Gasteiger partial charge is 0.433 e. The molecule has 0 bridgehead atoms. The van der Waals surface area contributed by atoms with Gasteiger partial charge in [0.05, 0.1) is 0 Å². The van der Waals surface area contributed by atoms with Crippen LogP contribution in [0.5, 0.6) is 0 Å². The smallest absolute Gasteiger partial charge is 0.385 e. The summed E-state index contributed by atoms with van der Waals surface area (Å²) in [6.07, 6.45) is -5.34. The normalized spacial score (nSPS) is 14.2. The van der Waals surface area contributed by atoms with E-state index < -0.39 is 18.0 Å². The number of hydrogen-bond donors (Lipinski definition) is 1. The van der Waals surface area contributed by atoms with E-state index in [2.05, 4.69) is 9.97 Å². The van der Waals surface area contributed by atoms with Crippen molar-refractivity contribution in [1.29, 1.82) is 0 Å². The van der Waals surface area contributed by atoms with Gasteiger partial charge in [-0.3, -0.25) is 0 Å². The molecule has 2 aromatic rings. The van der Waals surface area contributed by atoms with Gasteiger partial charge in [-0.1, -0.05) is 0 Å². The number of pyridine rings is 1. The molecule has 2 heterocycles. The van der Waals surface area contributed by atoms with Gasteiger partial charge >= 0.3 is 6.18 Å². The van der Waals surface area contributed by atoms with E-state index in [1.807, 2.05) is 0 Å². The Balaban J connectivity index is 2.66. The second-order valence-electron chi connectivity index (χ2n) is 3.74. The quantitative estimate of drug-likeness (QED) is 0.836. The lowest BCUT2D eigenvalue weighted by Gasteiger charge is -2.06. The lowest BCUT2D eigenvalue weighted by atomic mass is 10.3. The first-order valence-corrected chi connectivity index (χ1v) is 4.89. The maximum Gasteiger partial charge on any atom is 0.433 e. The number of aryl methyl sites for hydroxylation is 1. The van der Waals surface area contributed by atoms with Crippen molar-refractivity contribution in [1.82, 2.24) is 14.5 Å². The number of nitrogens with zero attached hydrogens (tertiary/aromatic N) is 3. The number of hydrogen-bond acceptors (Lipinski definition) is 3. The van der Waals surface area contributed by atoms with Crippen molar-refractivity contribution in [2.45, 2.75) is 19.2 Å². The fourth-order valence-corrected chi connectivity index (χ4v) is 1.61. The molecule has 0 aliphatic heterocycles. The van der Waals surface area contributed by atoms with Crippen molar-refractivity contribution in [3.63, 3.8) is 0 Å². The molecule has 7 heteroatoms. The van der Waals surface area contributed by atoms with Crippen molar-refractivity contribution < 1.29 is 18.3 Å². The molecule has 0 fully saturated rings. The van der Waals surface area contributed by atoms with Crippen molar-refractivity contribution in [2.75, 3.05) is 0 Å². The van der Waals surface area contributed by atoms with Crippen molar-refractivity contribution in [2.24, 2.45) is 7.05 Å². The highest BCUT2D eigenvalue weighted by Gasteiger charge is 2.33. The molecule has 92 valence electrons. The van der Waals surface area contributed by atoms with Gasteiger partial charge in [0.1, 0.15) is 23.1 Å². The van der Waals surface area contributed by atoms with Crippen LogP contribution < -0.4 is 0 Å².